The van der Waals surface area contributed by atoms with Gasteiger partial charge in [0, 0.05) is 43.8 Å². The maximum atomic E-state index is 12.6. The number of benzene rings is 1. The zero-order chi connectivity index (χ0) is 18.6. The molecule has 2 fully saturated rings. The Kier molecular flexibility index (Phi) is 5.59. The summed E-state index contributed by atoms with van der Waals surface area (Å²) in [5.41, 5.74) is 0. The van der Waals surface area contributed by atoms with E-state index in [0.29, 0.717) is 31.4 Å². The minimum absolute atomic E-state index is 0.106. The third kappa shape index (κ3) is 4.78. The molecule has 2 aliphatic rings. The van der Waals surface area contributed by atoms with Crippen LogP contribution in [-0.2, 0) is 9.59 Å². The van der Waals surface area contributed by atoms with Gasteiger partial charge in [0.25, 0.3) is 0 Å². The Hall–Kier alpha value is -2.12. The van der Waals surface area contributed by atoms with Gasteiger partial charge in [0.2, 0.25) is 11.8 Å². The lowest BCUT2D eigenvalue weighted by atomic mass is 10.2. The van der Waals surface area contributed by atoms with Gasteiger partial charge in [-0.2, -0.15) is 0 Å². The summed E-state index contributed by atoms with van der Waals surface area (Å²) >= 11 is 1.50. The maximum absolute atomic E-state index is 12.6. The third-order valence-electron chi connectivity index (χ3n) is 5.00. The minimum Gasteiger partial charge on any atom is -0.352 e. The zero-order valence-corrected chi connectivity index (χ0v) is 16.1. The Morgan fingerprint density at radius 1 is 1.11 bits per heavy atom. The van der Waals surface area contributed by atoms with E-state index in [2.05, 4.69) is 21.3 Å². The number of hydrogen-bond acceptors (Lipinski definition) is 5. The molecule has 1 aromatic heterocycles. The molecule has 0 unspecified atom stereocenters. The first-order chi connectivity index (χ1) is 13.2. The van der Waals surface area contributed by atoms with Crippen LogP contribution in [0.1, 0.15) is 12.8 Å². The Bertz CT molecular complexity index is 826. The van der Waals surface area contributed by atoms with Crippen LogP contribution in [0.25, 0.3) is 10.8 Å². The Balaban J connectivity index is 1.25. The highest BCUT2D eigenvalue weighted by atomic mass is 32.2. The van der Waals surface area contributed by atoms with Crippen molar-refractivity contribution >= 4 is 34.3 Å². The lowest BCUT2D eigenvalue weighted by Crippen LogP contribution is -2.51. The van der Waals surface area contributed by atoms with Crippen LogP contribution in [0.15, 0.2) is 41.6 Å². The van der Waals surface area contributed by atoms with Crippen molar-refractivity contribution < 1.29 is 9.59 Å². The number of fused-ring (bicyclic) bond motifs is 1. The second-order valence-electron chi connectivity index (χ2n) is 7.12. The van der Waals surface area contributed by atoms with Crippen molar-refractivity contribution in [1.82, 2.24) is 20.1 Å². The summed E-state index contributed by atoms with van der Waals surface area (Å²) in [6.07, 6.45) is 4.01. The van der Waals surface area contributed by atoms with Crippen molar-refractivity contribution in [3.63, 3.8) is 0 Å². The standard InChI is InChI=1S/C20H24N4O2S/c25-18(22-16-5-6-16)13-23-9-11-24(12-10-23)19(26)14-27-20-17-4-2-1-3-15(17)7-8-21-20/h1-4,7-8,16H,5-6,9-14H2,(H,22,25). The number of hydrogen-bond donors (Lipinski definition) is 1. The molecular formula is C20H24N4O2S. The number of rotatable bonds is 6. The van der Waals surface area contributed by atoms with Gasteiger partial charge in [0.05, 0.1) is 12.3 Å². The van der Waals surface area contributed by atoms with Gasteiger partial charge in [-0.1, -0.05) is 36.0 Å². The van der Waals surface area contributed by atoms with Crippen molar-refractivity contribution in [2.45, 2.75) is 23.9 Å². The number of nitrogens with zero attached hydrogens (tertiary/aromatic N) is 3. The molecule has 1 aliphatic heterocycles. The van der Waals surface area contributed by atoms with Crippen LogP contribution >= 0.6 is 11.8 Å². The number of amides is 2. The number of piperazine rings is 1. The largest absolute Gasteiger partial charge is 0.352 e. The van der Waals surface area contributed by atoms with Crippen molar-refractivity contribution in [1.29, 1.82) is 0 Å². The zero-order valence-electron chi connectivity index (χ0n) is 15.3. The molecule has 4 rings (SSSR count). The summed E-state index contributed by atoms with van der Waals surface area (Å²) in [4.78, 5) is 32.9. The number of thioether (sulfide) groups is 1. The van der Waals surface area contributed by atoms with Gasteiger partial charge in [0.15, 0.2) is 0 Å². The predicted molar refractivity (Wildman–Crippen MR) is 107 cm³/mol. The molecule has 142 valence electrons. The highest BCUT2D eigenvalue weighted by molar-refractivity contribution is 8.00. The van der Waals surface area contributed by atoms with Gasteiger partial charge >= 0.3 is 0 Å². The van der Waals surface area contributed by atoms with Gasteiger partial charge < -0.3 is 10.2 Å². The molecule has 1 aromatic carbocycles. The lowest BCUT2D eigenvalue weighted by molar-refractivity contribution is -0.130. The lowest BCUT2D eigenvalue weighted by Gasteiger charge is -2.34. The van der Waals surface area contributed by atoms with Gasteiger partial charge in [-0.05, 0) is 24.3 Å². The fourth-order valence-corrected chi connectivity index (χ4v) is 4.21. The smallest absolute Gasteiger partial charge is 0.234 e. The number of aromatic nitrogens is 1. The Morgan fingerprint density at radius 2 is 1.89 bits per heavy atom. The summed E-state index contributed by atoms with van der Waals surface area (Å²) in [7, 11) is 0. The average molecular weight is 385 g/mol. The summed E-state index contributed by atoms with van der Waals surface area (Å²) < 4.78 is 0. The normalized spacial score (nSPS) is 17.9. The van der Waals surface area contributed by atoms with Crippen molar-refractivity contribution in [3.05, 3.63) is 36.5 Å². The highest BCUT2D eigenvalue weighted by Gasteiger charge is 2.26. The van der Waals surface area contributed by atoms with E-state index in [1.165, 1.54) is 11.8 Å². The van der Waals surface area contributed by atoms with Crippen molar-refractivity contribution in [3.8, 4) is 0 Å². The van der Waals surface area contributed by atoms with Crippen molar-refractivity contribution in [2.75, 3.05) is 38.5 Å². The van der Waals surface area contributed by atoms with E-state index in [1.807, 2.05) is 29.2 Å². The molecule has 0 radical (unpaired) electrons. The maximum Gasteiger partial charge on any atom is 0.234 e. The molecule has 2 aromatic rings. The van der Waals surface area contributed by atoms with Crippen LogP contribution in [0.4, 0.5) is 0 Å². The molecule has 0 atom stereocenters. The number of pyridine rings is 1. The fourth-order valence-electron chi connectivity index (χ4n) is 3.29. The topological polar surface area (TPSA) is 65.5 Å². The molecule has 1 N–H and O–H groups in total. The van der Waals surface area contributed by atoms with Gasteiger partial charge in [-0.3, -0.25) is 14.5 Å². The van der Waals surface area contributed by atoms with E-state index in [4.69, 9.17) is 0 Å². The fraction of sp³-hybridized carbons (Fsp3) is 0.450. The van der Waals surface area contributed by atoms with Gasteiger partial charge in [0.1, 0.15) is 5.03 Å². The Morgan fingerprint density at radius 3 is 2.67 bits per heavy atom. The van der Waals surface area contributed by atoms with Gasteiger partial charge in [-0.15, -0.1) is 0 Å². The molecule has 1 aliphatic carbocycles. The van der Waals surface area contributed by atoms with Crippen molar-refractivity contribution in [2.24, 2.45) is 0 Å². The first-order valence-corrected chi connectivity index (χ1v) is 10.4. The van der Waals surface area contributed by atoms with E-state index in [9.17, 15) is 9.59 Å². The number of nitrogens with one attached hydrogen (secondary N) is 1. The average Bonchev–Trinajstić information content (AvgIpc) is 3.50. The van der Waals surface area contributed by atoms with E-state index >= 15 is 0 Å². The Labute approximate surface area is 163 Å². The number of carbonyl (C=O) groups excluding carboxylic acids is 2. The number of carbonyl (C=O) groups is 2. The van der Waals surface area contributed by atoms with Crippen LogP contribution < -0.4 is 5.32 Å². The SMILES string of the molecule is O=C(CN1CCN(C(=O)CSc2nccc3ccccc23)CC1)NC1CC1. The molecule has 6 nitrogen and oxygen atoms in total. The molecule has 27 heavy (non-hydrogen) atoms. The van der Waals surface area contributed by atoms with Crippen LogP contribution in [0, 0.1) is 0 Å². The summed E-state index contributed by atoms with van der Waals surface area (Å²) in [5, 5.41) is 6.14. The van der Waals surface area contributed by atoms with Crippen LogP contribution in [0.2, 0.25) is 0 Å². The molecule has 7 heteroatoms. The molecule has 0 bridgehead atoms. The predicted octanol–water partition coefficient (Wildman–Crippen LogP) is 1.75. The van der Waals surface area contributed by atoms with Crippen LogP contribution in [0.5, 0.6) is 0 Å². The van der Waals surface area contributed by atoms with Gasteiger partial charge in [-0.25, -0.2) is 4.98 Å². The third-order valence-corrected chi connectivity index (χ3v) is 5.99. The van der Waals surface area contributed by atoms with E-state index < -0.39 is 0 Å². The van der Waals surface area contributed by atoms with E-state index in [1.54, 1.807) is 6.20 Å². The molecule has 2 amide bonds. The highest BCUT2D eigenvalue weighted by Crippen LogP contribution is 2.25. The quantitative estimate of drug-likeness (QED) is 0.769. The van der Waals surface area contributed by atoms with Crippen LogP contribution in [-0.4, -0.2) is 71.1 Å². The molecule has 1 saturated carbocycles. The first kappa shape index (κ1) is 18.3. The molecule has 2 heterocycles. The summed E-state index contributed by atoms with van der Waals surface area (Å²) in [6, 6.07) is 10.5. The summed E-state index contributed by atoms with van der Waals surface area (Å²) in [6.45, 7) is 3.30. The second-order valence-corrected chi connectivity index (χ2v) is 8.09. The molecule has 0 spiro atoms. The summed E-state index contributed by atoms with van der Waals surface area (Å²) in [5.74, 6) is 0.634. The van der Waals surface area contributed by atoms with E-state index in [-0.39, 0.29) is 11.8 Å². The first-order valence-electron chi connectivity index (χ1n) is 9.45. The van der Waals surface area contributed by atoms with E-state index in [0.717, 1.165) is 41.7 Å². The second kappa shape index (κ2) is 8.27. The minimum atomic E-state index is 0.106. The monoisotopic (exact) mass is 384 g/mol. The van der Waals surface area contributed by atoms with Crippen LogP contribution in [0.3, 0.4) is 0 Å². The molecule has 1 saturated heterocycles. The molecular weight excluding hydrogens is 360 g/mol.